The molecule has 0 spiro atoms. The Hall–Kier alpha value is -2.54. The average Bonchev–Trinajstić information content (AvgIpc) is 3.33. The maximum atomic E-state index is 13.0. The molecule has 2 fully saturated rings. The van der Waals surface area contributed by atoms with Crippen molar-refractivity contribution in [1.29, 1.82) is 0 Å². The lowest BCUT2D eigenvalue weighted by Crippen LogP contribution is -2.50. The van der Waals surface area contributed by atoms with E-state index in [4.69, 9.17) is 20.8 Å². The zero-order valence-corrected chi connectivity index (χ0v) is 20.9. The minimum absolute atomic E-state index is 0.0726. The van der Waals surface area contributed by atoms with E-state index in [1.165, 1.54) is 5.56 Å². The van der Waals surface area contributed by atoms with Gasteiger partial charge in [0.25, 0.3) is 5.91 Å². The molecule has 0 radical (unpaired) electrons. The molecule has 0 aliphatic carbocycles. The Kier molecular flexibility index (Phi) is 7.32. The Labute approximate surface area is 211 Å². The second kappa shape index (κ2) is 10.6. The van der Waals surface area contributed by atoms with E-state index in [9.17, 15) is 9.90 Å². The molecule has 5 rings (SSSR count). The number of fused-ring (bicyclic) bond motifs is 1. The maximum absolute atomic E-state index is 13.0. The third-order valence-corrected chi connectivity index (χ3v) is 8.07. The van der Waals surface area contributed by atoms with E-state index < -0.39 is 0 Å². The van der Waals surface area contributed by atoms with Crippen LogP contribution in [0.15, 0.2) is 52.9 Å². The standard InChI is InChI=1S/C28H33ClN2O4/c1-34-24-5-2-19(3-6-24)20-8-12-30(13-9-20)25(18-32)21-10-14-31(15-11-21)28(33)27-17-22-16-23(29)4-7-26(22)35-27/h2-7,16-17,20-21,25,32H,8-15,18H2,1H3. The number of nitrogens with zero attached hydrogens (tertiary/aromatic N) is 2. The number of aliphatic hydroxyl groups excluding tert-OH is 1. The molecule has 3 heterocycles. The predicted octanol–water partition coefficient (Wildman–Crippen LogP) is 5.19. The Morgan fingerprint density at radius 3 is 2.43 bits per heavy atom. The van der Waals surface area contributed by atoms with E-state index >= 15 is 0 Å². The topological polar surface area (TPSA) is 66.2 Å². The second-order valence-corrected chi connectivity index (χ2v) is 10.2. The van der Waals surface area contributed by atoms with Crippen molar-refractivity contribution in [2.75, 3.05) is 39.9 Å². The molecule has 186 valence electrons. The van der Waals surface area contributed by atoms with Crippen molar-refractivity contribution in [3.8, 4) is 5.75 Å². The van der Waals surface area contributed by atoms with Gasteiger partial charge in [-0.2, -0.15) is 0 Å². The highest BCUT2D eigenvalue weighted by molar-refractivity contribution is 6.31. The molecule has 2 aromatic carbocycles. The van der Waals surface area contributed by atoms with Crippen molar-refractivity contribution in [2.45, 2.75) is 37.6 Å². The number of benzene rings is 2. The molecule has 3 aromatic rings. The van der Waals surface area contributed by atoms with Crippen LogP contribution in [0.5, 0.6) is 5.75 Å². The van der Waals surface area contributed by atoms with Crippen LogP contribution in [0.2, 0.25) is 5.02 Å². The number of amides is 1. The molecule has 0 bridgehead atoms. The molecule has 35 heavy (non-hydrogen) atoms. The van der Waals surface area contributed by atoms with Crippen LogP contribution in [-0.2, 0) is 0 Å². The molecule has 6 nitrogen and oxygen atoms in total. The number of carbonyl (C=O) groups is 1. The van der Waals surface area contributed by atoms with Gasteiger partial charge in [0.05, 0.1) is 13.7 Å². The van der Waals surface area contributed by atoms with Crippen LogP contribution in [-0.4, -0.2) is 66.8 Å². The van der Waals surface area contributed by atoms with Crippen LogP contribution in [0, 0.1) is 5.92 Å². The molecule has 1 unspecified atom stereocenters. The Morgan fingerprint density at radius 1 is 1.06 bits per heavy atom. The smallest absolute Gasteiger partial charge is 0.289 e. The van der Waals surface area contributed by atoms with E-state index in [0.29, 0.717) is 41.3 Å². The van der Waals surface area contributed by atoms with Crippen molar-refractivity contribution >= 4 is 28.5 Å². The zero-order valence-electron chi connectivity index (χ0n) is 20.2. The molecule has 7 heteroatoms. The van der Waals surface area contributed by atoms with Gasteiger partial charge in [0.2, 0.25) is 0 Å². The van der Waals surface area contributed by atoms with Crippen LogP contribution in [0.25, 0.3) is 11.0 Å². The summed E-state index contributed by atoms with van der Waals surface area (Å²) in [6.45, 7) is 3.50. The van der Waals surface area contributed by atoms with E-state index in [2.05, 4.69) is 17.0 Å². The number of furan rings is 1. The van der Waals surface area contributed by atoms with Gasteiger partial charge in [-0.05, 0) is 92.6 Å². The number of hydrogen-bond acceptors (Lipinski definition) is 5. The van der Waals surface area contributed by atoms with Gasteiger partial charge in [0, 0.05) is 29.5 Å². The highest BCUT2D eigenvalue weighted by Gasteiger charge is 2.34. The minimum Gasteiger partial charge on any atom is -0.497 e. The first-order chi connectivity index (χ1) is 17.1. The zero-order chi connectivity index (χ0) is 24.4. The van der Waals surface area contributed by atoms with E-state index in [1.807, 2.05) is 23.1 Å². The molecule has 2 aliphatic heterocycles. The van der Waals surface area contributed by atoms with Gasteiger partial charge in [-0.15, -0.1) is 0 Å². The summed E-state index contributed by atoms with van der Waals surface area (Å²) >= 11 is 6.06. The molecule has 1 N–H and O–H groups in total. The number of methoxy groups -OCH3 is 1. The third kappa shape index (κ3) is 5.20. The first-order valence-corrected chi connectivity index (χ1v) is 12.9. The summed E-state index contributed by atoms with van der Waals surface area (Å²) in [6.07, 6.45) is 3.97. The molecule has 0 saturated carbocycles. The highest BCUT2D eigenvalue weighted by atomic mass is 35.5. The molecule has 2 aliphatic rings. The number of aliphatic hydroxyl groups is 1. The minimum atomic E-state index is -0.0726. The summed E-state index contributed by atoms with van der Waals surface area (Å²) in [5.41, 5.74) is 2.04. The number of likely N-dealkylation sites (tertiary alicyclic amines) is 2. The number of halogens is 1. The number of carbonyl (C=O) groups excluding carboxylic acids is 1. The summed E-state index contributed by atoms with van der Waals surface area (Å²) in [4.78, 5) is 17.4. The molecule has 1 amide bonds. The van der Waals surface area contributed by atoms with Gasteiger partial charge in [-0.25, -0.2) is 0 Å². The summed E-state index contributed by atoms with van der Waals surface area (Å²) in [7, 11) is 1.69. The van der Waals surface area contributed by atoms with Crippen LogP contribution >= 0.6 is 11.6 Å². The molecule has 2 saturated heterocycles. The summed E-state index contributed by atoms with van der Waals surface area (Å²) < 4.78 is 11.1. The van der Waals surface area contributed by atoms with E-state index in [1.54, 1.807) is 25.3 Å². The van der Waals surface area contributed by atoms with Crippen molar-refractivity contribution in [3.05, 3.63) is 64.9 Å². The van der Waals surface area contributed by atoms with E-state index in [0.717, 1.165) is 49.9 Å². The quantitative estimate of drug-likeness (QED) is 0.509. The maximum Gasteiger partial charge on any atom is 0.289 e. The lowest BCUT2D eigenvalue weighted by atomic mass is 9.85. The number of rotatable bonds is 6. The first kappa shape index (κ1) is 24.2. The predicted molar refractivity (Wildman–Crippen MR) is 137 cm³/mol. The van der Waals surface area contributed by atoms with Gasteiger partial charge in [0.1, 0.15) is 11.3 Å². The largest absolute Gasteiger partial charge is 0.497 e. The third-order valence-electron chi connectivity index (χ3n) is 7.83. The SMILES string of the molecule is COc1ccc(C2CCN(C(CO)C3CCN(C(=O)c4cc5cc(Cl)ccc5o4)CC3)CC2)cc1. The van der Waals surface area contributed by atoms with Crippen molar-refractivity contribution < 1.29 is 19.1 Å². The summed E-state index contributed by atoms with van der Waals surface area (Å²) in [5.74, 6) is 2.11. The van der Waals surface area contributed by atoms with Gasteiger partial charge in [0.15, 0.2) is 5.76 Å². The molecule has 1 aromatic heterocycles. The van der Waals surface area contributed by atoms with Crippen LogP contribution in [0.1, 0.15) is 47.7 Å². The molecule has 1 atom stereocenters. The normalized spacial score (nSPS) is 19.2. The summed E-state index contributed by atoms with van der Waals surface area (Å²) in [6, 6.07) is 15.7. The fourth-order valence-corrected chi connectivity index (χ4v) is 5.95. The highest BCUT2D eigenvalue weighted by Crippen LogP contribution is 2.33. The monoisotopic (exact) mass is 496 g/mol. The van der Waals surface area contributed by atoms with Crippen LogP contribution < -0.4 is 4.74 Å². The van der Waals surface area contributed by atoms with Crippen molar-refractivity contribution in [2.24, 2.45) is 5.92 Å². The number of piperidine rings is 2. The number of ether oxygens (including phenoxy) is 1. The molecular weight excluding hydrogens is 464 g/mol. The lowest BCUT2D eigenvalue weighted by molar-refractivity contribution is 0.0302. The van der Waals surface area contributed by atoms with Gasteiger partial charge >= 0.3 is 0 Å². The fourth-order valence-electron chi connectivity index (χ4n) is 5.77. The Morgan fingerprint density at radius 2 is 1.77 bits per heavy atom. The van der Waals surface area contributed by atoms with E-state index in [-0.39, 0.29) is 18.6 Å². The average molecular weight is 497 g/mol. The number of hydrogen-bond donors (Lipinski definition) is 1. The summed E-state index contributed by atoms with van der Waals surface area (Å²) in [5, 5.41) is 11.7. The Bertz CT molecular complexity index is 1150. The van der Waals surface area contributed by atoms with Crippen molar-refractivity contribution in [1.82, 2.24) is 9.80 Å². The van der Waals surface area contributed by atoms with Crippen LogP contribution in [0.3, 0.4) is 0 Å². The van der Waals surface area contributed by atoms with Crippen LogP contribution in [0.4, 0.5) is 0 Å². The lowest BCUT2D eigenvalue weighted by Gasteiger charge is -2.43. The van der Waals surface area contributed by atoms with Gasteiger partial charge in [-0.3, -0.25) is 9.69 Å². The second-order valence-electron chi connectivity index (χ2n) is 9.76. The fraction of sp³-hybridized carbons (Fsp3) is 0.464. The van der Waals surface area contributed by atoms with Gasteiger partial charge in [-0.1, -0.05) is 23.7 Å². The van der Waals surface area contributed by atoms with Gasteiger partial charge < -0.3 is 19.2 Å². The Balaban J connectivity index is 1.15. The first-order valence-electron chi connectivity index (χ1n) is 12.5. The molecular formula is C28H33ClN2O4. The van der Waals surface area contributed by atoms with Crippen molar-refractivity contribution in [3.63, 3.8) is 0 Å².